The second-order valence-electron chi connectivity index (χ2n) is 6.31. The number of hydrogen-bond acceptors (Lipinski definition) is 3. The Balaban J connectivity index is 1.98. The van der Waals surface area contributed by atoms with Gasteiger partial charge in [-0.3, -0.25) is 4.90 Å². The highest BCUT2D eigenvalue weighted by Gasteiger charge is 2.32. The van der Waals surface area contributed by atoms with E-state index in [0.717, 1.165) is 18.7 Å². The molecule has 1 saturated heterocycles. The Morgan fingerprint density at radius 1 is 1.37 bits per heavy atom. The van der Waals surface area contributed by atoms with E-state index in [2.05, 4.69) is 32.6 Å². The van der Waals surface area contributed by atoms with Gasteiger partial charge in [0.2, 0.25) is 0 Å². The summed E-state index contributed by atoms with van der Waals surface area (Å²) in [5.74, 6) is 0. The first-order chi connectivity index (χ1) is 8.85. The number of benzene rings is 1. The summed E-state index contributed by atoms with van der Waals surface area (Å²) in [5, 5.41) is 10.3. The van der Waals surface area contributed by atoms with Gasteiger partial charge in [0.15, 0.2) is 0 Å². The molecule has 3 heteroatoms. The van der Waals surface area contributed by atoms with E-state index in [1.54, 1.807) is 0 Å². The summed E-state index contributed by atoms with van der Waals surface area (Å²) in [7, 11) is 0. The molecule has 1 N–H and O–H groups in total. The maximum Gasteiger partial charge on any atom is 0.0916 e. The lowest BCUT2D eigenvalue weighted by atomic mass is 10.0. The van der Waals surface area contributed by atoms with Gasteiger partial charge in [-0.2, -0.15) is 0 Å². The second kappa shape index (κ2) is 5.61. The Hall–Kier alpha value is -0.900. The van der Waals surface area contributed by atoms with Gasteiger partial charge in [0.05, 0.1) is 17.8 Å². The predicted molar refractivity (Wildman–Crippen MR) is 77.2 cm³/mol. The topological polar surface area (TPSA) is 32.7 Å². The number of ether oxygens (including phenoxy) is 1. The molecule has 0 aromatic heterocycles. The van der Waals surface area contributed by atoms with Crippen LogP contribution in [0.3, 0.4) is 0 Å². The SMILES string of the molecule is Cc1ccc(C(O)CN2CC(C)OC(C)(C)C2)cc1. The molecule has 1 aliphatic heterocycles. The van der Waals surface area contributed by atoms with Crippen molar-refractivity contribution in [2.24, 2.45) is 0 Å². The molecular weight excluding hydrogens is 238 g/mol. The number of rotatable bonds is 3. The lowest BCUT2D eigenvalue weighted by molar-refractivity contribution is -0.133. The first kappa shape index (κ1) is 14.5. The van der Waals surface area contributed by atoms with Crippen molar-refractivity contribution in [2.45, 2.75) is 45.5 Å². The normalized spacial score (nSPS) is 25.2. The van der Waals surface area contributed by atoms with Gasteiger partial charge in [0.1, 0.15) is 0 Å². The lowest BCUT2D eigenvalue weighted by Gasteiger charge is -2.42. The molecule has 1 fully saturated rings. The molecule has 0 spiro atoms. The second-order valence-corrected chi connectivity index (χ2v) is 6.31. The molecule has 0 bridgehead atoms. The first-order valence-electron chi connectivity index (χ1n) is 7.00. The Kier molecular flexibility index (Phi) is 4.29. The molecule has 106 valence electrons. The largest absolute Gasteiger partial charge is 0.387 e. The van der Waals surface area contributed by atoms with Gasteiger partial charge in [0.25, 0.3) is 0 Å². The van der Waals surface area contributed by atoms with Gasteiger partial charge in [-0.05, 0) is 33.3 Å². The average Bonchev–Trinajstić information content (AvgIpc) is 2.26. The number of hydrogen-bond donors (Lipinski definition) is 1. The van der Waals surface area contributed by atoms with E-state index in [0.29, 0.717) is 6.54 Å². The zero-order valence-corrected chi connectivity index (χ0v) is 12.4. The van der Waals surface area contributed by atoms with E-state index < -0.39 is 6.10 Å². The van der Waals surface area contributed by atoms with E-state index in [1.165, 1.54) is 5.56 Å². The van der Waals surface area contributed by atoms with Crippen LogP contribution < -0.4 is 0 Å². The van der Waals surface area contributed by atoms with Crippen molar-refractivity contribution in [3.63, 3.8) is 0 Å². The van der Waals surface area contributed by atoms with Crippen molar-refractivity contribution < 1.29 is 9.84 Å². The third-order valence-electron chi connectivity index (χ3n) is 3.53. The van der Waals surface area contributed by atoms with Gasteiger partial charge in [-0.15, -0.1) is 0 Å². The van der Waals surface area contributed by atoms with Crippen LogP contribution in [0, 0.1) is 6.92 Å². The molecule has 1 aromatic carbocycles. The van der Waals surface area contributed by atoms with Crippen molar-refractivity contribution in [1.82, 2.24) is 4.90 Å². The maximum absolute atomic E-state index is 10.3. The van der Waals surface area contributed by atoms with Gasteiger partial charge in [0, 0.05) is 19.6 Å². The number of aliphatic hydroxyl groups excluding tert-OH is 1. The highest BCUT2D eigenvalue weighted by molar-refractivity contribution is 5.23. The minimum atomic E-state index is -0.429. The van der Waals surface area contributed by atoms with E-state index in [-0.39, 0.29) is 11.7 Å². The van der Waals surface area contributed by atoms with Crippen molar-refractivity contribution in [3.8, 4) is 0 Å². The van der Waals surface area contributed by atoms with Crippen LogP contribution in [0.25, 0.3) is 0 Å². The molecule has 1 heterocycles. The standard InChI is InChI=1S/C16H25NO2/c1-12-5-7-14(8-6-12)15(18)10-17-9-13(2)19-16(3,4)11-17/h5-8,13,15,18H,9-11H2,1-4H3. The highest BCUT2D eigenvalue weighted by Crippen LogP contribution is 2.23. The molecule has 0 amide bonds. The molecule has 0 aliphatic carbocycles. The van der Waals surface area contributed by atoms with Gasteiger partial charge >= 0.3 is 0 Å². The van der Waals surface area contributed by atoms with E-state index in [1.807, 2.05) is 24.3 Å². The van der Waals surface area contributed by atoms with Crippen LogP contribution in [-0.2, 0) is 4.74 Å². The number of nitrogens with zero attached hydrogens (tertiary/aromatic N) is 1. The number of aryl methyl sites for hydroxylation is 1. The van der Waals surface area contributed by atoms with Crippen molar-refractivity contribution in [2.75, 3.05) is 19.6 Å². The van der Waals surface area contributed by atoms with E-state index in [4.69, 9.17) is 4.74 Å². The molecular formula is C16H25NO2. The van der Waals surface area contributed by atoms with E-state index >= 15 is 0 Å². The Labute approximate surface area is 116 Å². The van der Waals surface area contributed by atoms with Crippen molar-refractivity contribution >= 4 is 0 Å². The average molecular weight is 263 g/mol. The zero-order valence-electron chi connectivity index (χ0n) is 12.4. The third kappa shape index (κ3) is 4.03. The summed E-state index contributed by atoms with van der Waals surface area (Å²) in [4.78, 5) is 2.29. The van der Waals surface area contributed by atoms with Gasteiger partial charge in [-0.1, -0.05) is 29.8 Å². The Morgan fingerprint density at radius 2 is 2.00 bits per heavy atom. The summed E-state index contributed by atoms with van der Waals surface area (Å²) < 4.78 is 5.88. The zero-order chi connectivity index (χ0) is 14.0. The first-order valence-corrected chi connectivity index (χ1v) is 7.00. The monoisotopic (exact) mass is 263 g/mol. The minimum absolute atomic E-state index is 0.134. The van der Waals surface area contributed by atoms with Crippen LogP contribution in [0.4, 0.5) is 0 Å². The van der Waals surface area contributed by atoms with Gasteiger partial charge in [-0.25, -0.2) is 0 Å². The van der Waals surface area contributed by atoms with E-state index in [9.17, 15) is 5.11 Å². The smallest absolute Gasteiger partial charge is 0.0916 e. The molecule has 0 saturated carbocycles. The van der Waals surface area contributed by atoms with Crippen LogP contribution in [0.15, 0.2) is 24.3 Å². The fourth-order valence-corrected chi connectivity index (χ4v) is 2.86. The predicted octanol–water partition coefficient (Wildman–Crippen LogP) is 2.53. The highest BCUT2D eigenvalue weighted by atomic mass is 16.5. The summed E-state index contributed by atoms with van der Waals surface area (Å²) in [6, 6.07) is 8.11. The van der Waals surface area contributed by atoms with Gasteiger partial charge < -0.3 is 9.84 Å². The van der Waals surface area contributed by atoms with Crippen LogP contribution in [0.5, 0.6) is 0 Å². The fraction of sp³-hybridized carbons (Fsp3) is 0.625. The Morgan fingerprint density at radius 3 is 2.58 bits per heavy atom. The number of aliphatic hydroxyl groups is 1. The molecule has 2 unspecified atom stereocenters. The number of morpholine rings is 1. The van der Waals surface area contributed by atoms with Crippen LogP contribution in [-0.4, -0.2) is 41.3 Å². The van der Waals surface area contributed by atoms with Crippen LogP contribution in [0.2, 0.25) is 0 Å². The lowest BCUT2D eigenvalue weighted by Crippen LogP contribution is -2.52. The maximum atomic E-state index is 10.3. The van der Waals surface area contributed by atoms with Crippen molar-refractivity contribution in [1.29, 1.82) is 0 Å². The quantitative estimate of drug-likeness (QED) is 0.909. The summed E-state index contributed by atoms with van der Waals surface area (Å²) in [6.07, 6.45) is -0.212. The molecule has 3 nitrogen and oxygen atoms in total. The number of β-amino-alcohol motifs (C(OH)–C–C–N with tert-alkyl or cyclic N) is 1. The van der Waals surface area contributed by atoms with Crippen LogP contribution in [0.1, 0.15) is 38.0 Å². The molecule has 2 rings (SSSR count). The Bertz CT molecular complexity index is 413. The van der Waals surface area contributed by atoms with Crippen LogP contribution >= 0.6 is 0 Å². The summed E-state index contributed by atoms with van der Waals surface area (Å²) in [6.45, 7) is 10.8. The molecule has 1 aromatic rings. The third-order valence-corrected chi connectivity index (χ3v) is 3.53. The molecule has 0 radical (unpaired) electrons. The molecule has 1 aliphatic rings. The fourth-order valence-electron chi connectivity index (χ4n) is 2.86. The summed E-state index contributed by atoms with van der Waals surface area (Å²) in [5.41, 5.74) is 2.07. The summed E-state index contributed by atoms with van der Waals surface area (Å²) >= 11 is 0. The molecule has 19 heavy (non-hydrogen) atoms. The molecule has 2 atom stereocenters. The minimum Gasteiger partial charge on any atom is -0.387 e. The van der Waals surface area contributed by atoms with Crippen molar-refractivity contribution in [3.05, 3.63) is 35.4 Å².